The smallest absolute Gasteiger partial charge is 0.0301 e. The normalized spacial score (nSPS) is 33.0. The summed E-state index contributed by atoms with van der Waals surface area (Å²) in [5.74, 6) is 3.64. The summed E-state index contributed by atoms with van der Waals surface area (Å²) in [6.07, 6.45) is 1.45. The van der Waals surface area contributed by atoms with Crippen LogP contribution in [0.25, 0.3) is 0 Å². The lowest BCUT2D eigenvalue weighted by Crippen LogP contribution is -2.51. The highest BCUT2D eigenvalue weighted by Crippen LogP contribution is 2.58. The van der Waals surface area contributed by atoms with Crippen LogP contribution in [0.2, 0.25) is 0 Å². The van der Waals surface area contributed by atoms with E-state index in [2.05, 4.69) is 55.4 Å². The second-order valence-corrected chi connectivity index (χ2v) is 8.01. The average molecular weight is 210 g/mol. The van der Waals surface area contributed by atoms with Crippen molar-refractivity contribution >= 4 is 0 Å². The number of hydrogen-bond donors (Lipinski definition) is 0. The Morgan fingerprint density at radius 1 is 0.867 bits per heavy atom. The molecule has 1 aliphatic carbocycles. The summed E-state index contributed by atoms with van der Waals surface area (Å²) in [5.41, 5.74) is 0.967. The van der Waals surface area contributed by atoms with Gasteiger partial charge in [0, 0.05) is 0 Å². The molecule has 3 atom stereocenters. The summed E-state index contributed by atoms with van der Waals surface area (Å²) >= 11 is 0. The van der Waals surface area contributed by atoms with Gasteiger partial charge in [-0.15, -0.1) is 0 Å². The van der Waals surface area contributed by atoms with Crippen LogP contribution in [0.15, 0.2) is 0 Å². The van der Waals surface area contributed by atoms with Crippen molar-refractivity contribution in [2.45, 2.75) is 61.8 Å². The van der Waals surface area contributed by atoms with Gasteiger partial charge in [-0.2, -0.15) is 0 Å². The summed E-state index contributed by atoms with van der Waals surface area (Å²) in [6.45, 7) is 19.3. The van der Waals surface area contributed by atoms with E-state index in [0.29, 0.717) is 10.8 Å². The Hall–Kier alpha value is 0. The molecule has 0 heteroatoms. The largest absolute Gasteiger partial charge is 0.0625 e. The fourth-order valence-electron chi connectivity index (χ4n) is 3.51. The van der Waals surface area contributed by atoms with Gasteiger partial charge in [-0.05, 0) is 40.9 Å². The number of hydrogen-bond acceptors (Lipinski definition) is 0. The second-order valence-electron chi connectivity index (χ2n) is 8.01. The van der Waals surface area contributed by atoms with E-state index >= 15 is 0 Å². The highest BCUT2D eigenvalue weighted by Gasteiger charge is 2.51. The first kappa shape index (κ1) is 13.1. The monoisotopic (exact) mass is 210 g/mol. The molecule has 0 N–H and O–H groups in total. The Morgan fingerprint density at radius 2 is 1.33 bits per heavy atom. The van der Waals surface area contributed by atoms with Crippen LogP contribution < -0.4 is 0 Å². The van der Waals surface area contributed by atoms with Gasteiger partial charge in [0.2, 0.25) is 0 Å². The van der Waals surface area contributed by atoms with E-state index < -0.39 is 0 Å². The molecule has 0 heterocycles. The van der Waals surface area contributed by atoms with E-state index in [1.165, 1.54) is 6.42 Å². The van der Waals surface area contributed by atoms with Crippen LogP contribution in [0.3, 0.4) is 0 Å². The fraction of sp³-hybridized carbons (Fsp3) is 1.00. The van der Waals surface area contributed by atoms with Crippen LogP contribution in [-0.2, 0) is 0 Å². The lowest BCUT2D eigenvalue weighted by molar-refractivity contribution is -0.0951. The molecule has 3 unspecified atom stereocenters. The molecule has 0 amide bonds. The lowest BCUT2D eigenvalue weighted by atomic mass is 9.47. The van der Waals surface area contributed by atoms with Gasteiger partial charge in [-0.25, -0.2) is 0 Å². The Labute approximate surface area is 96.8 Å². The van der Waals surface area contributed by atoms with Crippen molar-refractivity contribution < 1.29 is 0 Å². The van der Waals surface area contributed by atoms with Crippen LogP contribution in [0, 0.1) is 34.5 Å². The second kappa shape index (κ2) is 3.79. The van der Waals surface area contributed by atoms with Gasteiger partial charge in [0.05, 0.1) is 0 Å². The van der Waals surface area contributed by atoms with Crippen molar-refractivity contribution in [1.29, 1.82) is 0 Å². The summed E-state index contributed by atoms with van der Waals surface area (Å²) in [4.78, 5) is 0. The minimum Gasteiger partial charge on any atom is -0.0625 e. The molecule has 0 bridgehead atoms. The molecule has 0 aromatic carbocycles. The zero-order chi connectivity index (χ0) is 12.0. The Morgan fingerprint density at radius 3 is 1.60 bits per heavy atom. The van der Waals surface area contributed by atoms with Crippen LogP contribution in [0.1, 0.15) is 61.8 Å². The quantitative estimate of drug-likeness (QED) is 0.572. The average Bonchev–Trinajstić information content (AvgIpc) is 1.72. The zero-order valence-corrected chi connectivity index (χ0v) is 12.0. The third-order valence-electron chi connectivity index (χ3n) is 4.39. The van der Waals surface area contributed by atoms with Crippen molar-refractivity contribution in [3.8, 4) is 0 Å². The van der Waals surface area contributed by atoms with Gasteiger partial charge in [-0.1, -0.05) is 55.4 Å². The molecule has 0 saturated heterocycles. The predicted molar refractivity (Wildman–Crippen MR) is 68.8 cm³/mol. The minimum atomic E-state index is 0.477. The maximum absolute atomic E-state index is 2.42. The van der Waals surface area contributed by atoms with Gasteiger partial charge in [0.1, 0.15) is 0 Å². The number of rotatable bonds is 1. The van der Waals surface area contributed by atoms with Crippen molar-refractivity contribution in [1.82, 2.24) is 0 Å². The molecule has 1 aliphatic rings. The molecular weight excluding hydrogens is 180 g/mol. The molecule has 1 fully saturated rings. The van der Waals surface area contributed by atoms with Crippen LogP contribution in [0.4, 0.5) is 0 Å². The van der Waals surface area contributed by atoms with Crippen molar-refractivity contribution in [2.75, 3.05) is 0 Å². The fourth-order valence-corrected chi connectivity index (χ4v) is 3.51. The Bertz CT molecular complexity index is 211. The molecule has 1 saturated carbocycles. The van der Waals surface area contributed by atoms with Crippen molar-refractivity contribution in [3.05, 3.63) is 0 Å². The molecule has 0 aromatic rings. The predicted octanol–water partition coefficient (Wildman–Crippen LogP) is 4.99. The van der Waals surface area contributed by atoms with E-state index in [0.717, 1.165) is 23.7 Å². The highest BCUT2D eigenvalue weighted by atomic mass is 14.6. The topological polar surface area (TPSA) is 0 Å². The standard InChI is InChI=1S/C15H30/c1-10(2)11-9-12(14(3,4)5)13(11)15(6,7)8/h10-13H,9H2,1-8H3. The third-order valence-corrected chi connectivity index (χ3v) is 4.39. The molecule has 15 heavy (non-hydrogen) atoms. The molecule has 1 rings (SSSR count). The van der Waals surface area contributed by atoms with Gasteiger partial charge < -0.3 is 0 Å². The minimum absolute atomic E-state index is 0.477. The first-order chi connectivity index (χ1) is 6.55. The maximum Gasteiger partial charge on any atom is -0.0301 e. The van der Waals surface area contributed by atoms with E-state index in [1.807, 2.05) is 0 Å². The zero-order valence-electron chi connectivity index (χ0n) is 12.0. The van der Waals surface area contributed by atoms with Gasteiger partial charge in [-0.3, -0.25) is 0 Å². The van der Waals surface area contributed by atoms with Crippen molar-refractivity contribution in [3.63, 3.8) is 0 Å². The summed E-state index contributed by atoms with van der Waals surface area (Å²) < 4.78 is 0. The first-order valence-electron chi connectivity index (χ1n) is 6.55. The maximum atomic E-state index is 2.42. The van der Waals surface area contributed by atoms with E-state index in [1.54, 1.807) is 0 Å². The summed E-state index contributed by atoms with van der Waals surface area (Å²) in [7, 11) is 0. The van der Waals surface area contributed by atoms with Crippen LogP contribution >= 0.6 is 0 Å². The van der Waals surface area contributed by atoms with Gasteiger partial charge in [0.25, 0.3) is 0 Å². The molecular formula is C15H30. The molecule has 90 valence electrons. The van der Waals surface area contributed by atoms with E-state index in [4.69, 9.17) is 0 Å². The first-order valence-corrected chi connectivity index (χ1v) is 6.55. The summed E-state index contributed by atoms with van der Waals surface area (Å²) in [6, 6.07) is 0. The summed E-state index contributed by atoms with van der Waals surface area (Å²) in [5, 5.41) is 0. The van der Waals surface area contributed by atoms with E-state index in [-0.39, 0.29) is 0 Å². The van der Waals surface area contributed by atoms with E-state index in [9.17, 15) is 0 Å². The molecule has 0 spiro atoms. The molecule has 0 aliphatic heterocycles. The van der Waals surface area contributed by atoms with Crippen LogP contribution in [-0.4, -0.2) is 0 Å². The molecule has 0 radical (unpaired) electrons. The van der Waals surface area contributed by atoms with Gasteiger partial charge >= 0.3 is 0 Å². The third kappa shape index (κ3) is 2.57. The molecule has 0 aromatic heterocycles. The molecule has 0 nitrogen and oxygen atoms in total. The van der Waals surface area contributed by atoms with Crippen molar-refractivity contribution in [2.24, 2.45) is 34.5 Å². The lowest BCUT2D eigenvalue weighted by Gasteiger charge is -2.58. The van der Waals surface area contributed by atoms with Crippen LogP contribution in [0.5, 0.6) is 0 Å². The highest BCUT2D eigenvalue weighted by molar-refractivity contribution is 5.00. The van der Waals surface area contributed by atoms with Gasteiger partial charge in [0.15, 0.2) is 0 Å². The SMILES string of the molecule is CC(C)C1CC(C(C)(C)C)C1C(C)(C)C. The Balaban J connectivity index is 2.82. The Kier molecular flexibility index (Phi) is 3.30.